The van der Waals surface area contributed by atoms with Gasteiger partial charge >= 0.3 is 5.97 Å². The number of ketones is 1. The van der Waals surface area contributed by atoms with Crippen molar-refractivity contribution in [3.63, 3.8) is 0 Å². The molecule has 0 amide bonds. The van der Waals surface area contributed by atoms with Gasteiger partial charge < -0.3 is 24.8 Å². The molecule has 7 nitrogen and oxygen atoms in total. The number of aliphatic hydroxyl groups is 3. The molecule has 4 fully saturated rings. The summed E-state index contributed by atoms with van der Waals surface area (Å²) < 4.78 is 12.3. The number of allylic oxidation sites excluding steroid dienone is 2. The van der Waals surface area contributed by atoms with E-state index in [1.165, 1.54) is 0 Å². The molecule has 0 radical (unpaired) electrons. The van der Waals surface area contributed by atoms with Gasteiger partial charge in [-0.05, 0) is 68.9 Å². The topological polar surface area (TPSA) is 113 Å². The summed E-state index contributed by atoms with van der Waals surface area (Å²) in [6, 6.07) is 0. The third kappa shape index (κ3) is 2.51. The fraction of sp³-hybridized carbons (Fsp3) is 0.786. The van der Waals surface area contributed by atoms with Gasteiger partial charge in [-0.15, -0.1) is 11.6 Å². The first-order valence-corrected chi connectivity index (χ1v) is 13.6. The minimum absolute atomic E-state index is 0.104. The van der Waals surface area contributed by atoms with Crippen molar-refractivity contribution in [3.8, 4) is 0 Å². The Morgan fingerprint density at radius 2 is 1.83 bits per heavy atom. The molecule has 3 saturated carbocycles. The van der Waals surface area contributed by atoms with E-state index in [9.17, 15) is 24.9 Å². The van der Waals surface area contributed by atoms with Gasteiger partial charge in [-0.1, -0.05) is 26.8 Å². The third-order valence-electron chi connectivity index (χ3n) is 12.1. The van der Waals surface area contributed by atoms with Gasteiger partial charge in [0.15, 0.2) is 17.7 Å². The van der Waals surface area contributed by atoms with Gasteiger partial charge in [0.05, 0.1) is 27.4 Å². The zero-order valence-corrected chi connectivity index (χ0v) is 22.3. The van der Waals surface area contributed by atoms with E-state index in [2.05, 4.69) is 0 Å². The fourth-order valence-electron chi connectivity index (χ4n) is 9.54. The number of esters is 1. The van der Waals surface area contributed by atoms with E-state index in [0.29, 0.717) is 31.3 Å². The molecule has 0 aromatic carbocycles. The Bertz CT molecular complexity index is 1120. The third-order valence-corrected chi connectivity index (χ3v) is 12.9. The Labute approximate surface area is 216 Å². The molecule has 8 heteroatoms. The van der Waals surface area contributed by atoms with Crippen molar-refractivity contribution in [1.82, 2.24) is 0 Å². The van der Waals surface area contributed by atoms with E-state index in [4.69, 9.17) is 21.1 Å². The number of halogens is 1. The number of hydrogen-bond donors (Lipinski definition) is 3. The van der Waals surface area contributed by atoms with E-state index < -0.39 is 57.3 Å². The average Bonchev–Trinajstić information content (AvgIpc) is 3.25. The van der Waals surface area contributed by atoms with Crippen LogP contribution in [-0.2, 0) is 19.1 Å². The fourth-order valence-corrected chi connectivity index (χ4v) is 9.95. The van der Waals surface area contributed by atoms with Crippen LogP contribution in [0.1, 0.15) is 66.7 Å². The summed E-state index contributed by atoms with van der Waals surface area (Å²) in [7, 11) is 0. The Morgan fingerprint density at radius 3 is 2.47 bits per heavy atom. The van der Waals surface area contributed by atoms with Gasteiger partial charge in [-0.25, -0.2) is 4.79 Å². The molecule has 0 aromatic rings. The van der Waals surface area contributed by atoms with Gasteiger partial charge in [-0.3, -0.25) is 4.79 Å². The minimum Gasteiger partial charge on any atom is -0.452 e. The monoisotopic (exact) mass is 520 g/mol. The van der Waals surface area contributed by atoms with E-state index >= 15 is 0 Å². The van der Waals surface area contributed by atoms with Crippen LogP contribution >= 0.6 is 11.6 Å². The van der Waals surface area contributed by atoms with Crippen molar-refractivity contribution < 1.29 is 34.4 Å². The average molecular weight is 521 g/mol. The van der Waals surface area contributed by atoms with Crippen LogP contribution in [0.4, 0.5) is 0 Å². The highest BCUT2D eigenvalue weighted by Gasteiger charge is 2.80. The van der Waals surface area contributed by atoms with Gasteiger partial charge in [0.25, 0.3) is 0 Å². The summed E-state index contributed by atoms with van der Waals surface area (Å²) in [6.07, 6.45) is 2.95. The predicted octanol–water partition coefficient (Wildman–Crippen LogP) is 3.03. The van der Waals surface area contributed by atoms with E-state index in [-0.39, 0.29) is 30.0 Å². The molecule has 0 spiro atoms. The molecule has 6 rings (SSSR count). The molecule has 3 N–H and O–H groups in total. The van der Waals surface area contributed by atoms with Crippen molar-refractivity contribution in [2.24, 2.45) is 34.5 Å². The maximum absolute atomic E-state index is 13.5. The molecule has 12 atom stereocenters. The van der Waals surface area contributed by atoms with E-state index in [1.807, 2.05) is 27.7 Å². The number of hydrogen-bond acceptors (Lipinski definition) is 7. The Balaban J connectivity index is 1.48. The summed E-state index contributed by atoms with van der Waals surface area (Å²) in [5, 5.41) is 36.1. The Kier molecular flexibility index (Phi) is 5.03. The first-order chi connectivity index (χ1) is 16.7. The summed E-state index contributed by atoms with van der Waals surface area (Å²) in [5.74, 6) is -3.36. The SMILES string of the molecule is CC1=C(C)C(C2OC3(O)CC4C(CC(O)C5(Cl)CC=CC(=O)C45C)C4CCC(O)(C2C)C43C)OC1=O. The highest BCUT2D eigenvalue weighted by molar-refractivity contribution is 6.28. The van der Waals surface area contributed by atoms with Crippen LogP contribution in [0.25, 0.3) is 0 Å². The molecule has 1 saturated heterocycles. The van der Waals surface area contributed by atoms with Crippen LogP contribution in [0.3, 0.4) is 0 Å². The molecule has 0 bridgehead atoms. The van der Waals surface area contributed by atoms with Crippen molar-refractivity contribution in [3.05, 3.63) is 23.3 Å². The molecule has 4 aliphatic carbocycles. The lowest BCUT2D eigenvalue weighted by Crippen LogP contribution is -2.77. The van der Waals surface area contributed by atoms with Crippen molar-refractivity contribution in [2.45, 2.75) is 101 Å². The molecule has 36 heavy (non-hydrogen) atoms. The predicted molar refractivity (Wildman–Crippen MR) is 131 cm³/mol. The highest BCUT2D eigenvalue weighted by atomic mass is 35.5. The van der Waals surface area contributed by atoms with Crippen LogP contribution in [0.15, 0.2) is 23.3 Å². The van der Waals surface area contributed by atoms with Gasteiger partial charge in [0, 0.05) is 17.9 Å². The lowest BCUT2D eigenvalue weighted by atomic mass is 9.41. The summed E-state index contributed by atoms with van der Waals surface area (Å²) in [5.41, 5.74) is -2.13. The number of cyclic esters (lactones) is 1. The lowest BCUT2D eigenvalue weighted by Gasteiger charge is -2.69. The number of rotatable bonds is 1. The number of ether oxygens (including phenoxy) is 2. The highest BCUT2D eigenvalue weighted by Crippen LogP contribution is 2.74. The largest absolute Gasteiger partial charge is 0.452 e. The quantitative estimate of drug-likeness (QED) is 0.360. The summed E-state index contributed by atoms with van der Waals surface area (Å²) in [6.45, 7) is 9.19. The standard InChI is InChI=1S/C28H37ClO7/c1-13-14(2)23(32)35-21(13)22-15(3)27(33)10-8-17-16-11-20(31)26(29)9-6-7-19(30)24(26,4)18(16)12-28(34,36-22)25(17,27)5/h6-7,15-18,20-22,31,33-34H,8-12H2,1-5H3. The van der Waals surface area contributed by atoms with E-state index in [1.54, 1.807) is 19.1 Å². The number of carbonyl (C=O) groups excluding carboxylic acids is 2. The Hall–Kier alpha value is -1.25. The first-order valence-electron chi connectivity index (χ1n) is 13.3. The maximum Gasteiger partial charge on any atom is 0.334 e. The number of alkyl halides is 1. The van der Waals surface area contributed by atoms with Crippen LogP contribution in [0.2, 0.25) is 0 Å². The van der Waals surface area contributed by atoms with Crippen molar-refractivity contribution in [2.75, 3.05) is 0 Å². The van der Waals surface area contributed by atoms with Crippen LogP contribution < -0.4 is 0 Å². The second-order valence-corrected chi connectivity index (χ2v) is 13.5. The van der Waals surface area contributed by atoms with Gasteiger partial charge in [-0.2, -0.15) is 0 Å². The lowest BCUT2D eigenvalue weighted by molar-refractivity contribution is -0.416. The normalized spacial score (nSPS) is 57.9. The molecule has 12 unspecified atom stereocenters. The van der Waals surface area contributed by atoms with Crippen LogP contribution in [-0.4, -0.2) is 61.6 Å². The summed E-state index contributed by atoms with van der Waals surface area (Å²) >= 11 is 7.12. The molecule has 2 aliphatic heterocycles. The van der Waals surface area contributed by atoms with E-state index in [0.717, 1.165) is 5.57 Å². The van der Waals surface area contributed by atoms with Crippen molar-refractivity contribution >= 4 is 23.4 Å². The van der Waals surface area contributed by atoms with Crippen LogP contribution in [0, 0.1) is 34.5 Å². The van der Waals surface area contributed by atoms with Crippen molar-refractivity contribution in [1.29, 1.82) is 0 Å². The smallest absolute Gasteiger partial charge is 0.334 e. The minimum atomic E-state index is -1.77. The molecular weight excluding hydrogens is 484 g/mol. The zero-order chi connectivity index (χ0) is 26.2. The first kappa shape index (κ1) is 25.1. The maximum atomic E-state index is 13.5. The number of carbonyl (C=O) groups is 2. The molecule has 0 aromatic heterocycles. The molecule has 198 valence electrons. The second-order valence-electron chi connectivity index (χ2n) is 12.8. The Morgan fingerprint density at radius 1 is 1.14 bits per heavy atom. The van der Waals surface area contributed by atoms with Gasteiger partial charge in [0.2, 0.25) is 0 Å². The molecular formula is C28H37ClO7. The molecule has 6 aliphatic rings. The van der Waals surface area contributed by atoms with Gasteiger partial charge in [0.1, 0.15) is 6.10 Å². The second kappa shape index (κ2) is 7.23. The number of fused-ring (bicyclic) bond motifs is 4. The molecule has 2 heterocycles. The summed E-state index contributed by atoms with van der Waals surface area (Å²) in [4.78, 5) is 24.7. The number of aliphatic hydroxyl groups excluding tert-OH is 1. The van der Waals surface area contributed by atoms with Crippen LogP contribution in [0.5, 0.6) is 0 Å². The zero-order valence-electron chi connectivity index (χ0n) is 21.6.